The van der Waals surface area contributed by atoms with Crippen LogP contribution in [0.15, 0.2) is 98.5 Å². The van der Waals surface area contributed by atoms with Gasteiger partial charge in [-0.25, -0.2) is 27.9 Å². The van der Waals surface area contributed by atoms with E-state index in [1.54, 1.807) is 66.7 Å². The molecule has 7 nitrogen and oxygen atoms in total. The van der Waals surface area contributed by atoms with Crippen LogP contribution >= 0.6 is 47.8 Å². The van der Waals surface area contributed by atoms with E-state index < -0.39 is 37.8 Å². The van der Waals surface area contributed by atoms with Gasteiger partial charge in [0.1, 0.15) is 14.5 Å². The summed E-state index contributed by atoms with van der Waals surface area (Å²) in [6.07, 6.45) is 1.86. The third kappa shape index (κ3) is 3.45. The molecule has 206 valence electrons. The quantitative estimate of drug-likeness (QED) is 0.195. The Labute approximate surface area is 257 Å². The van der Waals surface area contributed by atoms with Crippen molar-refractivity contribution in [2.45, 2.75) is 33.6 Å². The lowest BCUT2D eigenvalue weighted by Gasteiger charge is -2.55. The Hall–Kier alpha value is -3.15. The summed E-state index contributed by atoms with van der Waals surface area (Å²) in [4.78, 5) is 56.2. The maximum atomic E-state index is 14.4. The first-order valence-corrected chi connectivity index (χ1v) is 15.2. The van der Waals surface area contributed by atoms with Crippen LogP contribution in [0.4, 0.5) is 4.39 Å². The number of hydrogen-bond donors (Lipinski definition) is 0. The minimum absolute atomic E-state index is 0.0139. The summed E-state index contributed by atoms with van der Waals surface area (Å²) in [6, 6.07) is 19.0. The molecule has 3 aliphatic rings. The van der Waals surface area contributed by atoms with Gasteiger partial charge in [0.05, 0.1) is 22.7 Å². The van der Waals surface area contributed by atoms with Crippen molar-refractivity contribution in [3.8, 4) is 5.69 Å². The van der Waals surface area contributed by atoms with Gasteiger partial charge in [-0.15, -0.1) is 0 Å². The fraction of sp³-hybridized carbons (Fsp3) is 0.200. The van der Waals surface area contributed by atoms with Gasteiger partial charge >= 0.3 is 11.4 Å². The first-order chi connectivity index (χ1) is 19.6. The van der Waals surface area contributed by atoms with Crippen LogP contribution in [0.2, 0.25) is 0 Å². The Kier molecular flexibility index (Phi) is 5.98. The average molecular weight is 744 g/mol. The molecule has 1 saturated carbocycles. The van der Waals surface area contributed by atoms with Crippen molar-refractivity contribution in [2.75, 3.05) is 0 Å². The number of benzene rings is 3. The predicted molar refractivity (Wildman–Crippen MR) is 161 cm³/mol. The van der Waals surface area contributed by atoms with E-state index in [-0.39, 0.29) is 40.1 Å². The molecule has 2 aliphatic carbocycles. The zero-order valence-corrected chi connectivity index (χ0v) is 25.8. The Morgan fingerprint density at radius 3 is 2.17 bits per heavy atom. The molecule has 4 aromatic rings. The van der Waals surface area contributed by atoms with Gasteiger partial charge in [-0.2, -0.15) is 0 Å². The number of hydrogen-bond acceptors (Lipinski definition) is 4. The van der Waals surface area contributed by atoms with Crippen LogP contribution in [0.5, 0.6) is 0 Å². The molecule has 0 saturated heterocycles. The summed E-state index contributed by atoms with van der Waals surface area (Å²) in [5.74, 6) is -1.89. The van der Waals surface area contributed by atoms with E-state index in [0.29, 0.717) is 16.8 Å². The summed E-state index contributed by atoms with van der Waals surface area (Å²) >= 11 is 10.8. The molecule has 1 aliphatic heterocycles. The predicted octanol–water partition coefficient (Wildman–Crippen LogP) is 5.72. The largest absolute Gasteiger partial charge is 0.352 e. The van der Waals surface area contributed by atoms with Crippen LogP contribution in [0.3, 0.4) is 0 Å². The second kappa shape index (κ2) is 9.17. The molecule has 3 aromatic carbocycles. The molecular formula is C30H19Br3FN3O4. The highest BCUT2D eigenvalue weighted by atomic mass is 79.9. The number of fused-ring (bicyclic) bond motifs is 5. The van der Waals surface area contributed by atoms with Gasteiger partial charge in [0.15, 0.2) is 11.6 Å². The molecule has 7 rings (SSSR count). The highest BCUT2D eigenvalue weighted by molar-refractivity contribution is 9.13. The molecule has 0 unspecified atom stereocenters. The molecule has 11 heteroatoms. The Bertz CT molecular complexity index is 1960. The van der Waals surface area contributed by atoms with Crippen molar-refractivity contribution >= 4 is 59.4 Å². The smallest absolute Gasteiger partial charge is 0.292 e. The van der Waals surface area contributed by atoms with Crippen molar-refractivity contribution in [2.24, 2.45) is 0 Å². The molecular weight excluding hydrogens is 725 g/mol. The van der Waals surface area contributed by atoms with Gasteiger partial charge in [-0.3, -0.25) is 9.59 Å². The van der Waals surface area contributed by atoms with Gasteiger partial charge < -0.3 is 0 Å². The lowest BCUT2D eigenvalue weighted by Crippen LogP contribution is -2.66. The van der Waals surface area contributed by atoms with E-state index in [4.69, 9.17) is 0 Å². The van der Waals surface area contributed by atoms with Crippen molar-refractivity contribution < 1.29 is 14.0 Å². The van der Waals surface area contributed by atoms with E-state index in [1.807, 2.05) is 6.08 Å². The van der Waals surface area contributed by atoms with Gasteiger partial charge in [-0.1, -0.05) is 86.5 Å². The SMILES string of the molecule is O=C1c2ccccc2C(=O)[C@@]2(Br)[C@@H](c3ccc(F)c(Br)c3)C3=CCn4c(=O)n(-c5ccccc5)c(=O)n4[C@@H]3C[C@@]12Br. The zero-order chi connectivity index (χ0) is 28.8. The topological polar surface area (TPSA) is 83.1 Å². The first kappa shape index (κ1) is 26.7. The summed E-state index contributed by atoms with van der Waals surface area (Å²) in [5, 5.41) is 0. The van der Waals surface area contributed by atoms with Crippen molar-refractivity contribution in [3.05, 3.63) is 132 Å². The molecule has 41 heavy (non-hydrogen) atoms. The summed E-state index contributed by atoms with van der Waals surface area (Å²) in [6.45, 7) is 0.0791. The van der Waals surface area contributed by atoms with Gasteiger partial charge in [0, 0.05) is 17.0 Å². The number of carbonyl (C=O) groups excluding carboxylic acids is 2. The fourth-order valence-corrected chi connectivity index (χ4v) is 9.00. The van der Waals surface area contributed by atoms with Crippen LogP contribution in [-0.4, -0.2) is 34.1 Å². The number of nitrogens with zero attached hydrogens (tertiary/aromatic N) is 3. The summed E-state index contributed by atoms with van der Waals surface area (Å²) in [7, 11) is 0. The molecule has 2 heterocycles. The summed E-state index contributed by atoms with van der Waals surface area (Å²) < 4.78 is 15.4. The number of alkyl halides is 2. The minimum Gasteiger partial charge on any atom is -0.292 e. The second-order valence-electron chi connectivity index (χ2n) is 10.4. The molecule has 0 N–H and O–H groups in total. The summed E-state index contributed by atoms with van der Waals surface area (Å²) in [5.41, 5.74) is 1.19. The molecule has 0 bridgehead atoms. The van der Waals surface area contributed by atoms with E-state index in [1.165, 1.54) is 15.4 Å². The lowest BCUT2D eigenvalue weighted by atomic mass is 9.57. The van der Waals surface area contributed by atoms with Crippen LogP contribution < -0.4 is 11.4 Å². The maximum absolute atomic E-state index is 14.4. The second-order valence-corrected chi connectivity index (χ2v) is 13.9. The Balaban J connectivity index is 1.52. The van der Waals surface area contributed by atoms with Crippen molar-refractivity contribution in [1.29, 1.82) is 0 Å². The van der Waals surface area contributed by atoms with E-state index >= 15 is 0 Å². The zero-order valence-electron chi connectivity index (χ0n) is 21.1. The molecule has 1 aromatic heterocycles. The lowest BCUT2D eigenvalue weighted by molar-refractivity contribution is 0.0744. The number of carbonyl (C=O) groups is 2. The van der Waals surface area contributed by atoms with E-state index in [0.717, 1.165) is 4.57 Å². The van der Waals surface area contributed by atoms with Gasteiger partial charge in [0.2, 0.25) is 0 Å². The van der Waals surface area contributed by atoms with Crippen molar-refractivity contribution in [1.82, 2.24) is 13.9 Å². The molecule has 4 atom stereocenters. The number of aromatic nitrogens is 3. The number of ketones is 2. The third-order valence-corrected chi connectivity index (χ3v) is 12.4. The van der Waals surface area contributed by atoms with E-state index in [9.17, 15) is 23.6 Å². The molecule has 0 spiro atoms. The normalized spacial score (nSPS) is 26.5. The monoisotopic (exact) mass is 741 g/mol. The van der Waals surface area contributed by atoms with Crippen LogP contribution in [0, 0.1) is 5.82 Å². The number of rotatable bonds is 2. The van der Waals surface area contributed by atoms with Crippen LogP contribution in [-0.2, 0) is 6.54 Å². The standard InChI is InChI=1S/C30H19Br3FN3O4/c31-21-14-16(10-11-22(21)34)24-20-12-13-35-27(40)36(17-6-2-1-3-7-17)28(41)37(35)23(20)15-29(32)25(38)18-8-4-5-9-19(18)26(39)30(24,29)33/h1-12,14,23-24H,13,15H2/t23-,24+,29-,30+/m1/s1. The first-order valence-electron chi connectivity index (χ1n) is 12.8. The number of Topliss-reactive ketones (excluding diaryl/α,β-unsaturated/α-hetero) is 2. The molecule has 0 radical (unpaired) electrons. The Morgan fingerprint density at radius 1 is 0.829 bits per heavy atom. The maximum Gasteiger partial charge on any atom is 0.352 e. The van der Waals surface area contributed by atoms with Crippen LogP contribution in [0.1, 0.15) is 44.7 Å². The Morgan fingerprint density at radius 2 is 1.49 bits per heavy atom. The fourth-order valence-electron chi connectivity index (χ4n) is 6.59. The van der Waals surface area contributed by atoms with Gasteiger partial charge in [-0.05, 0) is 57.8 Å². The average Bonchev–Trinajstić information content (AvgIpc) is 3.23. The van der Waals surface area contributed by atoms with E-state index in [2.05, 4.69) is 47.8 Å². The van der Waals surface area contributed by atoms with Gasteiger partial charge in [0.25, 0.3) is 0 Å². The molecule has 1 fully saturated rings. The highest BCUT2D eigenvalue weighted by Gasteiger charge is 2.70. The van der Waals surface area contributed by atoms with Crippen LogP contribution in [0.25, 0.3) is 5.69 Å². The minimum atomic E-state index is -1.51. The number of allylic oxidation sites excluding steroid dienone is 2. The number of halogens is 4. The highest BCUT2D eigenvalue weighted by Crippen LogP contribution is 2.64. The van der Waals surface area contributed by atoms with Crippen molar-refractivity contribution in [3.63, 3.8) is 0 Å². The number of para-hydroxylation sites is 1. The third-order valence-electron chi connectivity index (χ3n) is 8.42. The molecule has 0 amide bonds.